The zero-order valence-corrected chi connectivity index (χ0v) is 11.7. The van der Waals surface area contributed by atoms with Crippen LogP contribution in [-0.2, 0) is 11.2 Å². The first kappa shape index (κ1) is 12.2. The van der Waals surface area contributed by atoms with Gasteiger partial charge in [-0.3, -0.25) is 4.79 Å². The fourth-order valence-electron chi connectivity index (χ4n) is 2.67. The molecule has 3 nitrogen and oxygen atoms in total. The van der Waals surface area contributed by atoms with Crippen molar-refractivity contribution in [1.82, 2.24) is 5.32 Å². The molecule has 0 aliphatic heterocycles. The van der Waals surface area contributed by atoms with E-state index in [9.17, 15) is 4.79 Å². The number of amides is 1. The van der Waals surface area contributed by atoms with Crippen LogP contribution in [0.3, 0.4) is 0 Å². The molecule has 96 valence electrons. The van der Waals surface area contributed by atoms with Crippen molar-refractivity contribution < 1.29 is 4.79 Å². The van der Waals surface area contributed by atoms with E-state index in [0.29, 0.717) is 5.92 Å². The van der Waals surface area contributed by atoms with Crippen LogP contribution in [0.15, 0.2) is 22.7 Å². The van der Waals surface area contributed by atoms with Gasteiger partial charge in [0.2, 0.25) is 5.91 Å². The topological polar surface area (TPSA) is 55.1 Å². The van der Waals surface area contributed by atoms with E-state index in [1.165, 1.54) is 11.1 Å². The van der Waals surface area contributed by atoms with Crippen LogP contribution in [-0.4, -0.2) is 11.9 Å². The number of carbonyl (C=O) groups excluding carboxylic acids is 1. The second-order valence-electron chi connectivity index (χ2n) is 5.31. The molecule has 1 aromatic rings. The lowest BCUT2D eigenvalue weighted by Gasteiger charge is -2.17. The Hall–Kier alpha value is -0.870. The quantitative estimate of drug-likeness (QED) is 0.900. The molecule has 1 aromatic carbocycles. The summed E-state index contributed by atoms with van der Waals surface area (Å²) in [6.07, 6.45) is 4.21. The molecule has 1 amide bonds. The number of hydrogen-bond acceptors (Lipinski definition) is 2. The monoisotopic (exact) mass is 308 g/mol. The van der Waals surface area contributed by atoms with Crippen molar-refractivity contribution in [2.75, 3.05) is 0 Å². The number of carbonyl (C=O) groups is 1. The summed E-state index contributed by atoms with van der Waals surface area (Å²) in [6.45, 7) is 0. The van der Waals surface area contributed by atoms with Crippen LogP contribution in [0, 0.1) is 5.92 Å². The third-order valence-electron chi connectivity index (χ3n) is 3.93. The maximum Gasteiger partial charge on any atom is 0.237 e. The molecule has 0 spiro atoms. The molecule has 2 atom stereocenters. The van der Waals surface area contributed by atoms with Gasteiger partial charge in [0.05, 0.1) is 12.1 Å². The van der Waals surface area contributed by atoms with E-state index in [1.54, 1.807) is 0 Å². The van der Waals surface area contributed by atoms with Gasteiger partial charge in [0.25, 0.3) is 0 Å². The predicted octanol–water partition coefficient (Wildman–Crippen LogP) is 2.29. The first-order valence-electron chi connectivity index (χ1n) is 6.49. The van der Waals surface area contributed by atoms with E-state index in [-0.39, 0.29) is 18.0 Å². The fraction of sp³-hybridized carbons (Fsp3) is 0.500. The van der Waals surface area contributed by atoms with Crippen LogP contribution in [0.2, 0.25) is 0 Å². The van der Waals surface area contributed by atoms with E-state index in [2.05, 4.69) is 33.4 Å². The summed E-state index contributed by atoms with van der Waals surface area (Å²) in [7, 11) is 0. The highest BCUT2D eigenvalue weighted by atomic mass is 79.9. The minimum Gasteiger partial charge on any atom is -0.348 e. The summed E-state index contributed by atoms with van der Waals surface area (Å²) in [6, 6.07) is 6.10. The minimum atomic E-state index is -0.315. The highest BCUT2D eigenvalue weighted by Crippen LogP contribution is 2.35. The Kier molecular flexibility index (Phi) is 3.16. The van der Waals surface area contributed by atoms with Crippen molar-refractivity contribution >= 4 is 21.8 Å². The molecule has 3 rings (SSSR count). The second kappa shape index (κ2) is 4.67. The van der Waals surface area contributed by atoms with E-state index in [1.807, 2.05) is 6.07 Å². The summed E-state index contributed by atoms with van der Waals surface area (Å²) in [5, 5.41) is 3.10. The number of aryl methyl sites for hydroxylation is 1. The van der Waals surface area contributed by atoms with Crippen LogP contribution in [0.4, 0.5) is 0 Å². The number of hydrogen-bond donors (Lipinski definition) is 2. The number of rotatable bonds is 3. The zero-order valence-electron chi connectivity index (χ0n) is 10.2. The molecule has 0 radical (unpaired) electrons. The first-order chi connectivity index (χ1) is 8.65. The average Bonchev–Trinajstić information content (AvgIpc) is 3.12. The number of fused-ring (bicyclic) bond motifs is 1. The molecule has 2 aliphatic carbocycles. The van der Waals surface area contributed by atoms with Crippen molar-refractivity contribution in [3.63, 3.8) is 0 Å². The van der Waals surface area contributed by atoms with Crippen molar-refractivity contribution in [2.45, 2.75) is 37.8 Å². The molecule has 0 aromatic heterocycles. The largest absolute Gasteiger partial charge is 0.348 e. The maximum atomic E-state index is 12.0. The number of nitrogens with two attached hydrogens (primary N) is 1. The Balaban J connectivity index is 1.70. The Morgan fingerprint density at radius 2 is 2.17 bits per heavy atom. The predicted molar refractivity (Wildman–Crippen MR) is 74.0 cm³/mol. The fourth-order valence-corrected chi connectivity index (χ4v) is 3.08. The third kappa shape index (κ3) is 2.31. The average molecular weight is 309 g/mol. The number of benzene rings is 1. The second-order valence-corrected chi connectivity index (χ2v) is 6.22. The maximum absolute atomic E-state index is 12.0. The lowest BCUT2D eigenvalue weighted by molar-refractivity contribution is -0.123. The molecule has 1 saturated carbocycles. The molecular formula is C14H17BrN2O. The third-order valence-corrected chi connectivity index (χ3v) is 4.43. The molecule has 3 N–H and O–H groups in total. The Morgan fingerprint density at radius 1 is 1.39 bits per heavy atom. The van der Waals surface area contributed by atoms with E-state index < -0.39 is 0 Å². The highest BCUT2D eigenvalue weighted by Gasteiger charge is 2.35. The van der Waals surface area contributed by atoms with Crippen LogP contribution in [0.1, 0.15) is 36.4 Å². The van der Waals surface area contributed by atoms with Gasteiger partial charge in [-0.2, -0.15) is 0 Å². The van der Waals surface area contributed by atoms with Gasteiger partial charge in [-0.1, -0.05) is 22.0 Å². The summed E-state index contributed by atoms with van der Waals surface area (Å²) in [5.41, 5.74) is 8.50. The van der Waals surface area contributed by atoms with Crippen LogP contribution >= 0.6 is 15.9 Å². The molecular weight excluding hydrogens is 292 g/mol. The lowest BCUT2D eigenvalue weighted by Crippen LogP contribution is -2.43. The van der Waals surface area contributed by atoms with E-state index in [0.717, 1.165) is 30.2 Å². The van der Waals surface area contributed by atoms with Gasteiger partial charge in [0.1, 0.15) is 0 Å². The summed E-state index contributed by atoms with van der Waals surface area (Å²) in [4.78, 5) is 12.0. The molecule has 18 heavy (non-hydrogen) atoms. The zero-order chi connectivity index (χ0) is 12.7. The van der Waals surface area contributed by atoms with Crippen molar-refractivity contribution in [3.8, 4) is 0 Å². The summed E-state index contributed by atoms with van der Waals surface area (Å²) in [5.74, 6) is 0.425. The molecule has 4 heteroatoms. The van der Waals surface area contributed by atoms with Crippen LogP contribution in [0.25, 0.3) is 0 Å². The Bertz CT molecular complexity index is 485. The van der Waals surface area contributed by atoms with Gasteiger partial charge in [0, 0.05) is 4.47 Å². The van der Waals surface area contributed by atoms with Crippen molar-refractivity contribution in [3.05, 3.63) is 33.8 Å². The highest BCUT2D eigenvalue weighted by molar-refractivity contribution is 9.10. The van der Waals surface area contributed by atoms with Crippen LogP contribution < -0.4 is 11.1 Å². The molecule has 0 unspecified atom stereocenters. The van der Waals surface area contributed by atoms with Crippen molar-refractivity contribution in [2.24, 2.45) is 11.7 Å². The Labute approximate surface area is 115 Å². The van der Waals surface area contributed by atoms with Crippen molar-refractivity contribution in [1.29, 1.82) is 0 Å². The van der Waals surface area contributed by atoms with Gasteiger partial charge in [-0.25, -0.2) is 0 Å². The van der Waals surface area contributed by atoms with Gasteiger partial charge in [-0.05, 0) is 54.9 Å². The lowest BCUT2D eigenvalue weighted by atomic mass is 10.1. The molecule has 2 aliphatic rings. The first-order valence-corrected chi connectivity index (χ1v) is 7.29. The molecule has 1 fully saturated rings. The van der Waals surface area contributed by atoms with Gasteiger partial charge >= 0.3 is 0 Å². The van der Waals surface area contributed by atoms with Gasteiger partial charge in [0.15, 0.2) is 0 Å². The summed E-state index contributed by atoms with van der Waals surface area (Å²) < 4.78 is 1.10. The van der Waals surface area contributed by atoms with Crippen LogP contribution in [0.5, 0.6) is 0 Å². The van der Waals surface area contributed by atoms with E-state index in [4.69, 9.17) is 5.73 Å². The molecule has 0 heterocycles. The standard InChI is InChI=1S/C14H17BrN2O/c15-10-4-5-11-9(7-10)3-6-12(11)17-14(18)13(16)8-1-2-8/h4-5,7-8,12-13H,1-3,6,16H2,(H,17,18)/t12-,13-/m1/s1. The smallest absolute Gasteiger partial charge is 0.237 e. The summed E-state index contributed by atoms with van der Waals surface area (Å²) >= 11 is 3.48. The number of nitrogens with one attached hydrogen (secondary N) is 1. The Morgan fingerprint density at radius 3 is 2.89 bits per heavy atom. The van der Waals surface area contributed by atoms with E-state index >= 15 is 0 Å². The number of halogens is 1. The molecule has 0 saturated heterocycles. The molecule has 0 bridgehead atoms. The minimum absolute atomic E-state index is 0.0123. The normalized spacial score (nSPS) is 23.6. The SMILES string of the molecule is N[C@@H](C(=O)N[C@@H]1CCc2cc(Br)ccc21)C1CC1. The van der Waals surface area contributed by atoms with Gasteiger partial charge < -0.3 is 11.1 Å². The van der Waals surface area contributed by atoms with Gasteiger partial charge in [-0.15, -0.1) is 0 Å².